The molecule has 0 saturated carbocycles. The lowest BCUT2D eigenvalue weighted by atomic mass is 10.2. The number of hydrogen-bond donors (Lipinski definition) is 1. The van der Waals surface area contributed by atoms with Gasteiger partial charge in [-0.2, -0.15) is 10.1 Å². The van der Waals surface area contributed by atoms with Crippen LogP contribution >= 0.6 is 0 Å². The fourth-order valence-corrected chi connectivity index (χ4v) is 3.49. The number of fused-ring (bicyclic) bond motifs is 1. The lowest BCUT2D eigenvalue weighted by Crippen LogP contribution is -2.20. The second-order valence-corrected chi connectivity index (χ2v) is 6.71. The number of rotatable bonds is 5. The molecular weight excluding hydrogens is 331 g/mol. The van der Waals surface area contributed by atoms with Crippen molar-refractivity contribution in [1.82, 2.24) is 19.7 Å². The van der Waals surface area contributed by atoms with Crippen molar-refractivity contribution in [3.8, 4) is 0 Å². The minimum absolute atomic E-state index is 0.262. The summed E-state index contributed by atoms with van der Waals surface area (Å²) in [6.45, 7) is 4.13. The Hall–Kier alpha value is -2.70. The lowest BCUT2D eigenvalue weighted by Gasteiger charge is -2.18. The lowest BCUT2D eigenvalue weighted by molar-refractivity contribution is 0.628. The zero-order valence-electron chi connectivity index (χ0n) is 15.2. The van der Waals surface area contributed by atoms with E-state index in [4.69, 9.17) is 9.97 Å². The highest BCUT2D eigenvalue weighted by atomic mass is 19.1. The molecule has 1 saturated heterocycles. The first kappa shape index (κ1) is 16.8. The van der Waals surface area contributed by atoms with Gasteiger partial charge in [0.15, 0.2) is 5.82 Å². The van der Waals surface area contributed by atoms with E-state index in [1.807, 2.05) is 11.7 Å². The Morgan fingerprint density at radius 3 is 2.54 bits per heavy atom. The summed E-state index contributed by atoms with van der Waals surface area (Å²) < 4.78 is 15.1. The number of halogens is 1. The van der Waals surface area contributed by atoms with Crippen LogP contribution in [0.3, 0.4) is 0 Å². The van der Waals surface area contributed by atoms with Gasteiger partial charge in [-0.25, -0.2) is 9.37 Å². The van der Waals surface area contributed by atoms with Crippen molar-refractivity contribution in [3.05, 3.63) is 35.8 Å². The molecule has 136 valence electrons. The molecule has 3 heterocycles. The number of anilines is 3. The first-order valence-corrected chi connectivity index (χ1v) is 9.17. The van der Waals surface area contributed by atoms with Crippen molar-refractivity contribution in [3.63, 3.8) is 0 Å². The highest BCUT2D eigenvalue weighted by molar-refractivity contribution is 5.89. The molecule has 4 rings (SSSR count). The predicted octanol–water partition coefficient (Wildman–Crippen LogP) is 3.80. The molecule has 2 aromatic heterocycles. The van der Waals surface area contributed by atoms with Gasteiger partial charge in [-0.1, -0.05) is 13.3 Å². The molecule has 0 aliphatic carbocycles. The summed E-state index contributed by atoms with van der Waals surface area (Å²) in [6.07, 6.45) is 4.23. The molecule has 1 fully saturated rings. The van der Waals surface area contributed by atoms with Crippen LogP contribution in [-0.2, 0) is 13.5 Å². The Balaban J connectivity index is 1.82. The van der Waals surface area contributed by atoms with Crippen molar-refractivity contribution < 1.29 is 4.39 Å². The molecular formula is C19H23FN6. The van der Waals surface area contributed by atoms with Gasteiger partial charge in [-0.15, -0.1) is 0 Å². The van der Waals surface area contributed by atoms with E-state index in [2.05, 4.69) is 22.2 Å². The average molecular weight is 354 g/mol. The van der Waals surface area contributed by atoms with Crippen molar-refractivity contribution in [2.75, 3.05) is 23.3 Å². The summed E-state index contributed by atoms with van der Waals surface area (Å²) in [7, 11) is 1.96. The van der Waals surface area contributed by atoms with Crippen LogP contribution in [0.4, 0.5) is 21.8 Å². The third-order valence-electron chi connectivity index (χ3n) is 4.73. The van der Waals surface area contributed by atoms with Gasteiger partial charge in [0.25, 0.3) is 0 Å². The SMILES string of the molecule is CCCc1nn(C)c2c(N3CCCC3)nc(Nc3ccc(F)cc3)nc12. The van der Waals surface area contributed by atoms with Crippen LogP contribution in [0.1, 0.15) is 31.9 Å². The Labute approximate surface area is 152 Å². The van der Waals surface area contributed by atoms with E-state index < -0.39 is 0 Å². The van der Waals surface area contributed by atoms with Gasteiger partial charge in [0, 0.05) is 25.8 Å². The minimum Gasteiger partial charge on any atom is -0.355 e. The second-order valence-electron chi connectivity index (χ2n) is 6.71. The van der Waals surface area contributed by atoms with Crippen molar-refractivity contribution in [2.45, 2.75) is 32.6 Å². The van der Waals surface area contributed by atoms with E-state index in [0.717, 1.165) is 54.2 Å². The maximum atomic E-state index is 13.2. The van der Waals surface area contributed by atoms with E-state index in [1.165, 1.54) is 25.0 Å². The number of nitrogens with one attached hydrogen (secondary N) is 1. The summed E-state index contributed by atoms with van der Waals surface area (Å²) in [4.78, 5) is 11.8. The maximum absolute atomic E-state index is 13.2. The first-order chi connectivity index (χ1) is 12.7. The van der Waals surface area contributed by atoms with Crippen LogP contribution in [-0.4, -0.2) is 32.8 Å². The normalized spacial score (nSPS) is 14.3. The van der Waals surface area contributed by atoms with Crippen LogP contribution in [0.15, 0.2) is 24.3 Å². The third kappa shape index (κ3) is 3.09. The molecule has 0 amide bonds. The molecule has 7 heteroatoms. The third-order valence-corrected chi connectivity index (χ3v) is 4.73. The topological polar surface area (TPSA) is 58.9 Å². The monoisotopic (exact) mass is 354 g/mol. The van der Waals surface area contributed by atoms with Gasteiger partial charge in [0.1, 0.15) is 16.9 Å². The van der Waals surface area contributed by atoms with Gasteiger partial charge >= 0.3 is 0 Å². The van der Waals surface area contributed by atoms with E-state index in [1.54, 1.807) is 12.1 Å². The van der Waals surface area contributed by atoms with Crippen LogP contribution in [0, 0.1) is 5.82 Å². The Kier molecular flexibility index (Phi) is 4.44. The zero-order chi connectivity index (χ0) is 18.1. The van der Waals surface area contributed by atoms with Crippen molar-refractivity contribution in [1.29, 1.82) is 0 Å². The summed E-state index contributed by atoms with van der Waals surface area (Å²) in [5.41, 5.74) is 3.64. The quantitative estimate of drug-likeness (QED) is 0.755. The van der Waals surface area contributed by atoms with Crippen LogP contribution in [0.2, 0.25) is 0 Å². The molecule has 26 heavy (non-hydrogen) atoms. The number of aromatic nitrogens is 4. The predicted molar refractivity (Wildman–Crippen MR) is 101 cm³/mol. The Bertz CT molecular complexity index is 912. The number of nitrogens with zero attached hydrogens (tertiary/aromatic N) is 5. The summed E-state index contributed by atoms with van der Waals surface area (Å²) >= 11 is 0. The van der Waals surface area contributed by atoms with Crippen molar-refractivity contribution in [2.24, 2.45) is 7.05 Å². The van der Waals surface area contributed by atoms with Crippen molar-refractivity contribution >= 4 is 28.5 Å². The summed E-state index contributed by atoms with van der Waals surface area (Å²) in [5.74, 6) is 1.19. The number of hydrogen-bond acceptors (Lipinski definition) is 5. The van der Waals surface area contributed by atoms with Gasteiger partial charge in [0.05, 0.1) is 5.69 Å². The van der Waals surface area contributed by atoms with Crippen LogP contribution < -0.4 is 10.2 Å². The van der Waals surface area contributed by atoms with Crippen LogP contribution in [0.5, 0.6) is 0 Å². The molecule has 0 radical (unpaired) electrons. The molecule has 1 aliphatic rings. The number of aryl methyl sites for hydroxylation is 2. The van der Waals surface area contributed by atoms with E-state index in [-0.39, 0.29) is 5.82 Å². The minimum atomic E-state index is -0.262. The highest BCUT2D eigenvalue weighted by Gasteiger charge is 2.23. The average Bonchev–Trinajstić information content (AvgIpc) is 3.26. The molecule has 6 nitrogen and oxygen atoms in total. The zero-order valence-corrected chi connectivity index (χ0v) is 15.2. The fourth-order valence-electron chi connectivity index (χ4n) is 3.49. The fraction of sp³-hybridized carbons (Fsp3) is 0.421. The van der Waals surface area contributed by atoms with Gasteiger partial charge in [0.2, 0.25) is 5.95 Å². The Morgan fingerprint density at radius 2 is 1.85 bits per heavy atom. The van der Waals surface area contributed by atoms with E-state index in [9.17, 15) is 4.39 Å². The highest BCUT2D eigenvalue weighted by Crippen LogP contribution is 2.30. The second kappa shape index (κ2) is 6.90. The largest absolute Gasteiger partial charge is 0.355 e. The summed E-state index contributed by atoms with van der Waals surface area (Å²) in [5, 5.41) is 7.89. The van der Waals surface area contributed by atoms with Gasteiger partial charge < -0.3 is 10.2 Å². The maximum Gasteiger partial charge on any atom is 0.229 e. The molecule has 1 aliphatic heterocycles. The molecule has 1 N–H and O–H groups in total. The van der Waals surface area contributed by atoms with Gasteiger partial charge in [-0.3, -0.25) is 4.68 Å². The Morgan fingerprint density at radius 1 is 1.12 bits per heavy atom. The molecule has 0 atom stereocenters. The van der Waals surface area contributed by atoms with E-state index >= 15 is 0 Å². The first-order valence-electron chi connectivity index (χ1n) is 9.17. The van der Waals surface area contributed by atoms with E-state index in [0.29, 0.717) is 5.95 Å². The molecule has 0 spiro atoms. The molecule has 3 aromatic rings. The number of benzene rings is 1. The van der Waals surface area contributed by atoms with Crippen LogP contribution in [0.25, 0.3) is 11.0 Å². The summed E-state index contributed by atoms with van der Waals surface area (Å²) in [6, 6.07) is 6.23. The molecule has 0 bridgehead atoms. The molecule has 0 unspecified atom stereocenters. The smallest absolute Gasteiger partial charge is 0.229 e. The molecule has 1 aromatic carbocycles. The van der Waals surface area contributed by atoms with Gasteiger partial charge in [-0.05, 0) is 43.5 Å². The standard InChI is InChI=1S/C19H23FN6/c1-3-6-15-16-17(25(2)24-15)18(26-11-4-5-12-26)23-19(22-16)21-14-9-7-13(20)8-10-14/h7-10H,3-6,11-12H2,1-2H3,(H,21,22,23).